The largest absolute Gasteiger partial charge is 0.496 e. The zero-order valence-electron chi connectivity index (χ0n) is 37.5. The fourth-order valence-electron chi connectivity index (χ4n) is 7.79. The lowest BCUT2D eigenvalue weighted by atomic mass is 9.77. The summed E-state index contributed by atoms with van der Waals surface area (Å²) in [5.41, 5.74) is 9.92. The minimum absolute atomic E-state index is 0.124. The number of methoxy groups -OCH3 is 3. The van der Waals surface area contributed by atoms with Crippen molar-refractivity contribution in [3.8, 4) is 28.7 Å². The maximum Gasteiger partial charge on any atom is 0.488 e. The van der Waals surface area contributed by atoms with E-state index in [1.165, 1.54) is 0 Å². The highest BCUT2D eigenvalue weighted by Crippen LogP contribution is 2.38. The van der Waals surface area contributed by atoms with E-state index in [9.17, 15) is 10.0 Å². The Morgan fingerprint density at radius 2 is 0.934 bits per heavy atom. The molecule has 1 heterocycles. The van der Waals surface area contributed by atoms with Crippen LogP contribution < -0.4 is 24.4 Å². The van der Waals surface area contributed by atoms with E-state index in [0.717, 1.165) is 67.1 Å². The van der Waals surface area contributed by atoms with Crippen LogP contribution in [0.1, 0.15) is 97.2 Å². The molecule has 0 saturated heterocycles. The Morgan fingerprint density at radius 3 is 1.31 bits per heavy atom. The van der Waals surface area contributed by atoms with Crippen molar-refractivity contribution < 1.29 is 43.2 Å². The second kappa shape index (κ2) is 19.9. The zero-order valence-corrected chi connectivity index (χ0v) is 37.5. The topological polar surface area (TPSA) is 108 Å². The molecule has 0 amide bonds. The van der Waals surface area contributed by atoms with Gasteiger partial charge >= 0.3 is 7.12 Å². The number of nitrogens with zero attached hydrogens (tertiary/aromatic N) is 1. The van der Waals surface area contributed by atoms with Crippen LogP contribution in [0.15, 0.2) is 84.9 Å². The van der Waals surface area contributed by atoms with E-state index >= 15 is 0 Å². The van der Waals surface area contributed by atoms with Crippen LogP contribution in [-0.2, 0) is 77.8 Å². The van der Waals surface area contributed by atoms with Crippen molar-refractivity contribution in [1.29, 1.82) is 0 Å². The molecule has 1 aliphatic heterocycles. The molecule has 0 saturated carbocycles. The molecule has 6 bridgehead atoms. The van der Waals surface area contributed by atoms with E-state index in [0.29, 0.717) is 62.2 Å². The van der Waals surface area contributed by atoms with E-state index in [1.807, 2.05) is 61.6 Å². The number of benzene rings is 5. The number of hydrogen-bond acceptors (Lipinski definition) is 10. The summed E-state index contributed by atoms with van der Waals surface area (Å²) >= 11 is 0. The Bertz CT molecular complexity index is 2160. The van der Waals surface area contributed by atoms with Crippen molar-refractivity contribution in [3.05, 3.63) is 141 Å². The van der Waals surface area contributed by atoms with Gasteiger partial charge < -0.3 is 43.2 Å². The van der Waals surface area contributed by atoms with Gasteiger partial charge in [0.1, 0.15) is 28.7 Å². The Balaban J connectivity index is 1.33. The summed E-state index contributed by atoms with van der Waals surface area (Å²) in [5, 5.41) is 19.7. The third kappa shape index (κ3) is 11.5. The molecule has 10 nitrogen and oxygen atoms in total. The van der Waals surface area contributed by atoms with Gasteiger partial charge in [-0.1, -0.05) is 77.9 Å². The van der Waals surface area contributed by atoms with Crippen LogP contribution in [0.3, 0.4) is 0 Å². The van der Waals surface area contributed by atoms with Crippen LogP contribution in [0.5, 0.6) is 28.7 Å². The van der Waals surface area contributed by atoms with Gasteiger partial charge in [0.25, 0.3) is 0 Å². The van der Waals surface area contributed by atoms with E-state index in [1.54, 1.807) is 27.4 Å². The second-order valence-corrected chi connectivity index (χ2v) is 17.9. The van der Waals surface area contributed by atoms with Crippen molar-refractivity contribution in [1.82, 2.24) is 4.90 Å². The van der Waals surface area contributed by atoms with Gasteiger partial charge in [-0.3, -0.25) is 4.90 Å². The summed E-state index contributed by atoms with van der Waals surface area (Å²) in [7, 11) is 5.54. The van der Waals surface area contributed by atoms with Gasteiger partial charge in [0.15, 0.2) is 0 Å². The smallest absolute Gasteiger partial charge is 0.488 e. The van der Waals surface area contributed by atoms with E-state index in [-0.39, 0.29) is 24.0 Å². The van der Waals surface area contributed by atoms with Crippen LogP contribution in [0.4, 0.5) is 0 Å². The Kier molecular flexibility index (Phi) is 14.9. The lowest BCUT2D eigenvalue weighted by Gasteiger charge is -2.25. The fraction of sp³-hybridized carbons (Fsp3) is 0.400. The first-order chi connectivity index (χ1) is 29.1. The van der Waals surface area contributed by atoms with Crippen LogP contribution in [-0.4, -0.2) is 50.4 Å². The SMILES string of the molecule is COc1c2cc(Oc3ccc(CN(C)Cc4ccccc4B(O)O)cc3)cc1COCc1cc(C(C)(C)C)cc(c1OC)COCc1cc(C(C)(C)C)cc(c1OC)COC2. The molecule has 324 valence electrons. The molecule has 0 fully saturated rings. The van der Waals surface area contributed by atoms with E-state index in [2.05, 4.69) is 70.7 Å². The fourth-order valence-corrected chi connectivity index (χ4v) is 7.79. The molecule has 61 heavy (non-hydrogen) atoms. The van der Waals surface area contributed by atoms with E-state index < -0.39 is 7.12 Å². The molecular weight excluding hydrogens is 769 g/mol. The summed E-state index contributed by atoms with van der Waals surface area (Å²) in [5.74, 6) is 3.45. The average Bonchev–Trinajstić information content (AvgIpc) is 3.20. The minimum Gasteiger partial charge on any atom is -0.496 e. The minimum atomic E-state index is -1.52. The molecule has 0 aliphatic carbocycles. The normalized spacial score (nSPS) is 13.9. The van der Waals surface area contributed by atoms with Gasteiger partial charge in [0.2, 0.25) is 0 Å². The van der Waals surface area contributed by atoms with Gasteiger partial charge in [-0.25, -0.2) is 0 Å². The van der Waals surface area contributed by atoms with Gasteiger partial charge in [-0.2, -0.15) is 0 Å². The first-order valence-electron chi connectivity index (χ1n) is 20.8. The summed E-state index contributed by atoms with van der Waals surface area (Å²) < 4.78 is 44.2. The first-order valence-corrected chi connectivity index (χ1v) is 20.8. The average molecular weight is 832 g/mol. The number of rotatable bonds is 10. The predicted molar refractivity (Wildman–Crippen MR) is 240 cm³/mol. The summed E-state index contributed by atoms with van der Waals surface area (Å²) in [6.07, 6.45) is 0. The molecule has 2 N–H and O–H groups in total. The number of ether oxygens (including phenoxy) is 7. The highest BCUT2D eigenvalue weighted by molar-refractivity contribution is 6.59. The molecule has 5 aromatic carbocycles. The van der Waals surface area contributed by atoms with Crippen molar-refractivity contribution in [2.75, 3.05) is 28.4 Å². The maximum atomic E-state index is 9.83. The van der Waals surface area contributed by atoms with E-state index in [4.69, 9.17) is 33.2 Å². The predicted octanol–water partition coefficient (Wildman–Crippen LogP) is 8.88. The van der Waals surface area contributed by atoms with Gasteiger partial charge in [-0.15, -0.1) is 0 Å². The lowest BCUT2D eigenvalue weighted by molar-refractivity contribution is 0.0923. The van der Waals surface area contributed by atoms with Gasteiger partial charge in [-0.05, 0) is 94.1 Å². The highest BCUT2D eigenvalue weighted by Gasteiger charge is 2.24. The Hall–Kier alpha value is -4.88. The summed E-state index contributed by atoms with van der Waals surface area (Å²) in [6.45, 7) is 16.2. The maximum absolute atomic E-state index is 9.83. The quantitative estimate of drug-likeness (QED) is 0.133. The van der Waals surface area contributed by atoms with Crippen LogP contribution >= 0.6 is 0 Å². The van der Waals surface area contributed by atoms with Crippen molar-refractivity contribution in [2.45, 2.75) is 105 Å². The molecule has 0 radical (unpaired) electrons. The molecule has 6 rings (SSSR count). The molecular formula is C50H62BNO9. The second-order valence-electron chi connectivity index (χ2n) is 17.9. The zero-order chi connectivity index (χ0) is 43.9. The molecule has 11 heteroatoms. The Labute approximate surface area is 362 Å². The molecule has 0 unspecified atom stereocenters. The molecule has 5 aromatic rings. The lowest BCUT2D eigenvalue weighted by Crippen LogP contribution is -2.34. The monoisotopic (exact) mass is 831 g/mol. The summed E-state index contributed by atoms with van der Waals surface area (Å²) in [6, 6.07) is 27.9. The standard InChI is InChI=1S/C50H62BNO9/c1-49(2,3)41-19-35-27-58-28-36-20-42(50(4,5)6)22-38(47(36)56-9)30-60-32-40-24-44(23-39(48(40)57-10)31-59-29-37(21-41)46(35)55-8)61-43-17-15-33(16-18-43)25-52(7)26-34-13-11-12-14-45(34)51(53)54/h11-24,53-54H,25-32H2,1-10H3. The highest BCUT2D eigenvalue weighted by atomic mass is 16.5. The van der Waals surface area contributed by atoms with Crippen molar-refractivity contribution in [3.63, 3.8) is 0 Å². The third-order valence-corrected chi connectivity index (χ3v) is 11.0. The van der Waals surface area contributed by atoms with Crippen LogP contribution in [0.2, 0.25) is 0 Å². The van der Waals surface area contributed by atoms with Crippen LogP contribution in [0.25, 0.3) is 0 Å². The molecule has 0 spiro atoms. The van der Waals surface area contributed by atoms with Crippen molar-refractivity contribution in [2.24, 2.45) is 0 Å². The van der Waals surface area contributed by atoms with Gasteiger partial charge in [0, 0.05) is 46.5 Å². The van der Waals surface area contributed by atoms with Crippen LogP contribution in [0, 0.1) is 0 Å². The third-order valence-electron chi connectivity index (χ3n) is 11.0. The Morgan fingerprint density at radius 1 is 0.541 bits per heavy atom. The first kappa shape index (κ1) is 45.6. The van der Waals surface area contributed by atoms with Crippen molar-refractivity contribution >= 4 is 12.6 Å². The summed E-state index contributed by atoms with van der Waals surface area (Å²) in [4.78, 5) is 2.13. The molecule has 0 atom stereocenters. The molecule has 1 aliphatic rings. The number of hydrogen-bond donors (Lipinski definition) is 2. The van der Waals surface area contributed by atoms with Gasteiger partial charge in [0.05, 0.1) is 61.0 Å². The number of fused-ring (bicyclic) bond motifs is 6. The molecule has 0 aromatic heterocycles.